The maximum Gasteiger partial charge on any atom is 0.337 e. The highest BCUT2D eigenvalue weighted by atomic mass is 32.1. The van der Waals surface area contributed by atoms with Crippen LogP contribution in [-0.2, 0) is 9.47 Å². The number of hydrogen-bond acceptors (Lipinski definition) is 6. The molecule has 0 radical (unpaired) electrons. The zero-order valence-electron chi connectivity index (χ0n) is 17.3. The second-order valence-electron chi connectivity index (χ2n) is 7.09. The number of rotatable bonds is 7. The van der Waals surface area contributed by atoms with Gasteiger partial charge in [-0.25, -0.2) is 4.79 Å². The Hall–Kier alpha value is -3.23. The minimum atomic E-state index is -0.389. The first kappa shape index (κ1) is 21.0. The fourth-order valence-electron chi connectivity index (χ4n) is 3.73. The Morgan fingerprint density at radius 3 is 2.81 bits per heavy atom. The second kappa shape index (κ2) is 9.28. The van der Waals surface area contributed by atoms with Gasteiger partial charge in [-0.1, -0.05) is 18.2 Å². The van der Waals surface area contributed by atoms with Gasteiger partial charge in [-0.15, -0.1) is 0 Å². The van der Waals surface area contributed by atoms with Crippen LogP contribution in [0.4, 0.5) is 0 Å². The topological polar surface area (TPSA) is 76.8 Å². The summed E-state index contributed by atoms with van der Waals surface area (Å²) in [4.78, 5) is 18.5. The van der Waals surface area contributed by atoms with Crippen molar-refractivity contribution in [3.05, 3.63) is 77.8 Å². The largest absolute Gasteiger partial charge is 0.465 e. The van der Waals surface area contributed by atoms with E-state index in [1.165, 1.54) is 7.11 Å². The molecule has 0 unspecified atom stereocenters. The van der Waals surface area contributed by atoms with Gasteiger partial charge in [-0.05, 0) is 48.6 Å². The summed E-state index contributed by atoms with van der Waals surface area (Å²) in [5.41, 5.74) is 2.13. The average Bonchev–Trinajstić information content (AvgIpc) is 3.42. The third kappa shape index (κ3) is 4.30. The van der Waals surface area contributed by atoms with Crippen molar-refractivity contribution < 1.29 is 18.7 Å². The van der Waals surface area contributed by atoms with E-state index in [4.69, 9.17) is 26.1 Å². The average molecular weight is 438 g/mol. The fraction of sp³-hybridized carbons (Fsp3) is 0.261. The molecule has 160 valence electrons. The van der Waals surface area contributed by atoms with Crippen molar-refractivity contribution in [2.75, 3.05) is 27.4 Å². The first-order chi connectivity index (χ1) is 15.1. The van der Waals surface area contributed by atoms with E-state index in [2.05, 4.69) is 15.2 Å². The van der Waals surface area contributed by atoms with E-state index in [0.717, 1.165) is 17.0 Å². The third-order valence-corrected chi connectivity index (χ3v) is 5.57. The highest BCUT2D eigenvalue weighted by molar-refractivity contribution is 7.80. The van der Waals surface area contributed by atoms with E-state index in [-0.39, 0.29) is 18.1 Å². The first-order valence-corrected chi connectivity index (χ1v) is 10.3. The summed E-state index contributed by atoms with van der Waals surface area (Å²) < 4.78 is 16.4. The summed E-state index contributed by atoms with van der Waals surface area (Å²) in [7, 11) is 3.03. The monoisotopic (exact) mass is 437 g/mol. The number of esters is 1. The van der Waals surface area contributed by atoms with Crippen LogP contribution in [0.25, 0.3) is 11.3 Å². The van der Waals surface area contributed by atoms with Crippen LogP contribution in [0.1, 0.15) is 33.9 Å². The summed E-state index contributed by atoms with van der Waals surface area (Å²) >= 11 is 5.61. The number of ether oxygens (including phenoxy) is 2. The van der Waals surface area contributed by atoms with Gasteiger partial charge in [0.25, 0.3) is 0 Å². The lowest BCUT2D eigenvalue weighted by atomic mass is 10.0. The molecular formula is C23H23N3O4S. The number of carbonyl (C=O) groups is 1. The summed E-state index contributed by atoms with van der Waals surface area (Å²) in [5, 5.41) is 4.00. The molecule has 1 saturated heterocycles. The van der Waals surface area contributed by atoms with Crippen LogP contribution in [0.15, 0.2) is 65.2 Å². The molecule has 3 aromatic rings. The molecular weight excluding hydrogens is 414 g/mol. The van der Waals surface area contributed by atoms with Crippen LogP contribution in [0.2, 0.25) is 0 Å². The predicted molar refractivity (Wildman–Crippen MR) is 120 cm³/mol. The zero-order valence-corrected chi connectivity index (χ0v) is 18.1. The number of benzene rings is 1. The van der Waals surface area contributed by atoms with Crippen LogP contribution in [0.5, 0.6) is 0 Å². The van der Waals surface area contributed by atoms with Gasteiger partial charge in [0.1, 0.15) is 17.6 Å². The van der Waals surface area contributed by atoms with Crippen molar-refractivity contribution in [2.45, 2.75) is 12.1 Å². The molecule has 0 aliphatic carbocycles. The van der Waals surface area contributed by atoms with Gasteiger partial charge in [0, 0.05) is 25.4 Å². The van der Waals surface area contributed by atoms with E-state index in [1.54, 1.807) is 31.5 Å². The van der Waals surface area contributed by atoms with Crippen molar-refractivity contribution in [3.8, 4) is 11.3 Å². The van der Waals surface area contributed by atoms with E-state index in [9.17, 15) is 4.79 Å². The fourth-order valence-corrected chi connectivity index (χ4v) is 4.06. The Kier molecular flexibility index (Phi) is 6.29. The quantitative estimate of drug-likeness (QED) is 0.442. The first-order valence-electron chi connectivity index (χ1n) is 9.88. The molecule has 1 N–H and O–H groups in total. The number of nitrogens with one attached hydrogen (secondary N) is 1. The van der Waals surface area contributed by atoms with Gasteiger partial charge in [-0.3, -0.25) is 4.98 Å². The highest BCUT2D eigenvalue weighted by Crippen LogP contribution is 2.40. The molecule has 2 atom stereocenters. The molecule has 0 bridgehead atoms. The van der Waals surface area contributed by atoms with E-state index in [1.807, 2.05) is 36.4 Å². The lowest BCUT2D eigenvalue weighted by molar-refractivity contribution is 0.0601. The number of hydrogen-bond donors (Lipinski definition) is 1. The Labute approximate surface area is 186 Å². The zero-order chi connectivity index (χ0) is 21.8. The van der Waals surface area contributed by atoms with Crippen LogP contribution in [0, 0.1) is 0 Å². The molecule has 8 heteroatoms. The number of furan rings is 1. The lowest BCUT2D eigenvalue weighted by Crippen LogP contribution is -2.32. The van der Waals surface area contributed by atoms with Crippen LogP contribution in [-0.4, -0.2) is 48.3 Å². The van der Waals surface area contributed by atoms with Crippen molar-refractivity contribution in [2.24, 2.45) is 0 Å². The SMILES string of the molecule is COCCN1C(=S)N[C@H](c2ccccn2)[C@H]1c1ccc(-c2cccc(C(=O)OC)c2)o1. The molecule has 0 amide bonds. The maximum atomic E-state index is 11.9. The Morgan fingerprint density at radius 1 is 1.19 bits per heavy atom. The van der Waals surface area contributed by atoms with E-state index in [0.29, 0.717) is 29.6 Å². The normalized spacial score (nSPS) is 18.1. The van der Waals surface area contributed by atoms with Crippen molar-refractivity contribution >= 4 is 23.3 Å². The Bertz CT molecular complexity index is 1070. The van der Waals surface area contributed by atoms with Gasteiger partial charge in [0.2, 0.25) is 0 Å². The number of nitrogens with zero attached hydrogens (tertiary/aromatic N) is 2. The van der Waals surface area contributed by atoms with Gasteiger partial charge < -0.3 is 24.1 Å². The molecule has 1 aliphatic heterocycles. The number of aromatic nitrogens is 1. The minimum Gasteiger partial charge on any atom is -0.465 e. The highest BCUT2D eigenvalue weighted by Gasteiger charge is 2.41. The Balaban J connectivity index is 1.69. The number of pyridine rings is 1. The molecule has 7 nitrogen and oxygen atoms in total. The smallest absolute Gasteiger partial charge is 0.337 e. The van der Waals surface area contributed by atoms with Crippen molar-refractivity contribution in [1.29, 1.82) is 0 Å². The molecule has 1 fully saturated rings. The van der Waals surface area contributed by atoms with Gasteiger partial charge in [0.05, 0.1) is 31.0 Å². The number of thiocarbonyl (C=S) groups is 1. The second-order valence-corrected chi connectivity index (χ2v) is 7.47. The molecule has 0 spiro atoms. The molecule has 31 heavy (non-hydrogen) atoms. The van der Waals surface area contributed by atoms with Crippen LogP contribution in [0.3, 0.4) is 0 Å². The van der Waals surface area contributed by atoms with Crippen molar-refractivity contribution in [1.82, 2.24) is 15.2 Å². The summed E-state index contributed by atoms with van der Waals surface area (Å²) in [6.07, 6.45) is 1.76. The van der Waals surface area contributed by atoms with Crippen LogP contribution >= 0.6 is 12.2 Å². The molecule has 0 saturated carbocycles. The lowest BCUT2D eigenvalue weighted by Gasteiger charge is -2.25. The number of carbonyl (C=O) groups excluding carboxylic acids is 1. The summed E-state index contributed by atoms with van der Waals surface area (Å²) in [6, 6.07) is 16.5. The summed E-state index contributed by atoms with van der Waals surface area (Å²) in [5.74, 6) is 1.02. The molecule has 4 rings (SSSR count). The molecule has 1 aromatic carbocycles. The minimum absolute atomic E-state index is 0.161. The molecule has 1 aliphatic rings. The predicted octanol–water partition coefficient (Wildman–Crippen LogP) is 3.75. The summed E-state index contributed by atoms with van der Waals surface area (Å²) in [6.45, 7) is 1.15. The Morgan fingerprint density at radius 2 is 2.06 bits per heavy atom. The number of methoxy groups -OCH3 is 2. The van der Waals surface area contributed by atoms with E-state index >= 15 is 0 Å². The third-order valence-electron chi connectivity index (χ3n) is 5.22. The van der Waals surface area contributed by atoms with E-state index < -0.39 is 0 Å². The van der Waals surface area contributed by atoms with Crippen molar-refractivity contribution in [3.63, 3.8) is 0 Å². The molecule has 2 aromatic heterocycles. The molecule has 3 heterocycles. The van der Waals surface area contributed by atoms with Gasteiger partial charge in [-0.2, -0.15) is 0 Å². The van der Waals surface area contributed by atoms with Gasteiger partial charge >= 0.3 is 5.97 Å². The van der Waals surface area contributed by atoms with Crippen LogP contribution < -0.4 is 5.32 Å². The standard InChI is InChI=1S/C23H23N3O4S/c1-28-13-12-26-21(20(25-23(26)31)17-8-3-4-11-24-17)19-10-9-18(30-19)15-6-5-7-16(14-15)22(27)29-2/h3-11,14,20-21H,12-13H2,1-2H3,(H,25,31)/t20-,21-/m1/s1. The maximum absolute atomic E-state index is 11.9. The van der Waals surface area contributed by atoms with Gasteiger partial charge in [0.15, 0.2) is 5.11 Å².